The molecular formula is C34H42O6S. The number of benzene rings is 3. The second-order valence-electron chi connectivity index (χ2n) is 10.5. The smallest absolute Gasteiger partial charge is 0.186 e. The highest BCUT2D eigenvalue weighted by Gasteiger charge is 2.49. The van der Waals surface area contributed by atoms with Gasteiger partial charge in [-0.1, -0.05) is 123 Å². The van der Waals surface area contributed by atoms with Crippen LogP contribution < -0.4 is 0 Å². The molecule has 0 amide bonds. The van der Waals surface area contributed by atoms with Gasteiger partial charge in [0, 0.05) is 12.7 Å². The van der Waals surface area contributed by atoms with Crippen molar-refractivity contribution in [3.05, 3.63) is 108 Å². The molecule has 0 aliphatic carbocycles. The van der Waals surface area contributed by atoms with Crippen LogP contribution in [0.15, 0.2) is 91.0 Å². The van der Waals surface area contributed by atoms with E-state index in [4.69, 9.17) is 23.7 Å². The number of hydrogen-bond acceptors (Lipinski definition) is 7. The maximum absolute atomic E-state index is 12.0. The average molecular weight is 579 g/mol. The first-order valence-corrected chi connectivity index (χ1v) is 15.4. The maximum Gasteiger partial charge on any atom is 0.186 e. The van der Waals surface area contributed by atoms with E-state index in [2.05, 4.69) is 13.8 Å². The third-order valence-electron chi connectivity index (χ3n) is 7.14. The monoisotopic (exact) mass is 578 g/mol. The Kier molecular flexibility index (Phi) is 12.9. The predicted octanol–water partition coefficient (Wildman–Crippen LogP) is 6.81. The Morgan fingerprint density at radius 1 is 0.732 bits per heavy atom. The zero-order valence-electron chi connectivity index (χ0n) is 24.2. The van der Waals surface area contributed by atoms with Crippen LogP contribution >= 0.6 is 11.8 Å². The minimum atomic E-state index is -0.678. The lowest BCUT2D eigenvalue weighted by Crippen LogP contribution is -2.61. The fourth-order valence-corrected chi connectivity index (χ4v) is 5.26. The summed E-state index contributed by atoms with van der Waals surface area (Å²) in [6.07, 6.45) is -1.68. The molecule has 41 heavy (non-hydrogen) atoms. The van der Waals surface area contributed by atoms with Gasteiger partial charge in [-0.2, -0.15) is 0 Å². The molecule has 3 aromatic carbocycles. The van der Waals surface area contributed by atoms with Crippen molar-refractivity contribution in [3.8, 4) is 0 Å². The van der Waals surface area contributed by atoms with Crippen LogP contribution in [0.2, 0.25) is 0 Å². The third kappa shape index (κ3) is 10.1. The summed E-state index contributed by atoms with van der Waals surface area (Å²) in [5, 5.41) is 0.0247. The van der Waals surface area contributed by atoms with E-state index in [0.717, 1.165) is 23.1 Å². The Hall–Kier alpha value is -2.52. The molecule has 0 N–H and O–H groups in total. The molecule has 0 spiro atoms. The normalized spacial score (nSPS) is 23.2. The summed E-state index contributed by atoms with van der Waals surface area (Å²) in [5.74, 6) is 0.781. The highest BCUT2D eigenvalue weighted by atomic mass is 32.2. The Morgan fingerprint density at radius 2 is 1.20 bits per heavy atom. The van der Waals surface area contributed by atoms with Crippen LogP contribution in [0.5, 0.6) is 0 Å². The fraction of sp³-hybridized carbons (Fsp3) is 0.441. The molecular weight excluding hydrogens is 536 g/mol. The number of carbonyl (C=O) groups excluding carboxylic acids is 1. The number of ether oxygens (including phenoxy) is 5. The van der Waals surface area contributed by atoms with Gasteiger partial charge in [-0.25, -0.2) is 0 Å². The summed E-state index contributed by atoms with van der Waals surface area (Å²) in [7, 11) is 0. The molecule has 1 aliphatic heterocycles. The zero-order chi connectivity index (χ0) is 28.9. The van der Waals surface area contributed by atoms with Crippen LogP contribution in [-0.2, 0) is 48.3 Å². The van der Waals surface area contributed by atoms with Crippen molar-refractivity contribution in [2.45, 2.75) is 77.7 Å². The standard InChI is InChI=1S/C34H42O6S/c1-4-25(2)20-39-34-33(38-23-29-18-12-7-13-19-29)32(37-22-28-16-10-6-11-17-28)31(30(40-34)24-41-26(3)35)36-21-27-14-8-5-9-15-27/h5-19,25,30-34H,4,20-24H2,1-3H3. The number of hydrogen-bond donors (Lipinski definition) is 0. The molecule has 1 saturated heterocycles. The molecule has 0 bridgehead atoms. The van der Waals surface area contributed by atoms with Gasteiger partial charge in [0.25, 0.3) is 0 Å². The first-order valence-electron chi connectivity index (χ1n) is 14.4. The van der Waals surface area contributed by atoms with E-state index in [9.17, 15) is 4.79 Å². The Morgan fingerprint density at radius 3 is 1.66 bits per heavy atom. The van der Waals surface area contributed by atoms with Crippen molar-refractivity contribution in [1.82, 2.24) is 0 Å². The van der Waals surface area contributed by atoms with Gasteiger partial charge < -0.3 is 23.7 Å². The second-order valence-corrected chi connectivity index (χ2v) is 11.7. The average Bonchev–Trinajstić information content (AvgIpc) is 3.01. The van der Waals surface area contributed by atoms with Gasteiger partial charge in [-0.05, 0) is 22.6 Å². The minimum absolute atomic E-state index is 0.0247. The summed E-state index contributed by atoms with van der Waals surface area (Å²) in [6, 6.07) is 30.2. The summed E-state index contributed by atoms with van der Waals surface area (Å²) in [6.45, 7) is 7.53. The van der Waals surface area contributed by atoms with E-state index < -0.39 is 30.7 Å². The van der Waals surface area contributed by atoms with Gasteiger partial charge in [0.2, 0.25) is 0 Å². The number of rotatable bonds is 15. The number of thioether (sulfide) groups is 1. The molecule has 0 saturated carbocycles. The van der Waals surface area contributed by atoms with Crippen molar-refractivity contribution < 1.29 is 28.5 Å². The topological polar surface area (TPSA) is 63.2 Å². The predicted molar refractivity (Wildman–Crippen MR) is 162 cm³/mol. The van der Waals surface area contributed by atoms with E-state index >= 15 is 0 Å². The quantitative estimate of drug-likeness (QED) is 0.196. The van der Waals surface area contributed by atoms with Gasteiger partial charge in [0.1, 0.15) is 18.3 Å². The van der Waals surface area contributed by atoms with E-state index in [1.165, 1.54) is 11.8 Å². The molecule has 220 valence electrons. The Labute approximate surface area is 248 Å². The lowest BCUT2D eigenvalue weighted by Gasteiger charge is -2.46. The van der Waals surface area contributed by atoms with Crippen LogP contribution in [0.4, 0.5) is 0 Å². The first kappa shape index (κ1) is 31.4. The molecule has 7 heteroatoms. The molecule has 0 aromatic heterocycles. The van der Waals surface area contributed by atoms with Crippen molar-refractivity contribution >= 4 is 16.9 Å². The molecule has 6 atom stereocenters. The lowest BCUT2D eigenvalue weighted by molar-refractivity contribution is -0.320. The first-order chi connectivity index (χ1) is 20.0. The molecule has 1 fully saturated rings. The Balaban J connectivity index is 1.64. The maximum atomic E-state index is 12.0. The molecule has 4 rings (SSSR count). The zero-order valence-corrected chi connectivity index (χ0v) is 25.0. The van der Waals surface area contributed by atoms with Gasteiger partial charge in [-0.15, -0.1) is 0 Å². The minimum Gasteiger partial charge on any atom is -0.368 e. The van der Waals surface area contributed by atoms with Crippen molar-refractivity contribution in [2.24, 2.45) is 5.92 Å². The van der Waals surface area contributed by atoms with Crippen LogP contribution in [0.1, 0.15) is 43.9 Å². The van der Waals surface area contributed by atoms with Crippen LogP contribution in [0, 0.1) is 5.92 Å². The second kappa shape index (κ2) is 16.8. The fourth-order valence-electron chi connectivity index (χ4n) is 4.59. The molecule has 0 radical (unpaired) electrons. The van der Waals surface area contributed by atoms with Gasteiger partial charge >= 0.3 is 0 Å². The van der Waals surface area contributed by atoms with Crippen LogP contribution in [0.3, 0.4) is 0 Å². The Bertz CT molecular complexity index is 1150. The number of carbonyl (C=O) groups is 1. The highest BCUT2D eigenvalue weighted by molar-refractivity contribution is 8.13. The van der Waals surface area contributed by atoms with Gasteiger partial charge in [0.05, 0.1) is 32.5 Å². The van der Waals surface area contributed by atoms with Crippen molar-refractivity contribution in [3.63, 3.8) is 0 Å². The van der Waals surface area contributed by atoms with E-state index in [-0.39, 0.29) is 5.12 Å². The van der Waals surface area contributed by atoms with Gasteiger partial charge in [0.15, 0.2) is 11.4 Å². The molecule has 3 aromatic rings. The highest BCUT2D eigenvalue weighted by Crippen LogP contribution is 2.33. The summed E-state index contributed by atoms with van der Waals surface area (Å²) in [4.78, 5) is 12.0. The molecule has 1 heterocycles. The lowest BCUT2D eigenvalue weighted by atomic mass is 9.98. The van der Waals surface area contributed by atoms with Gasteiger partial charge in [-0.3, -0.25) is 4.79 Å². The van der Waals surface area contributed by atoms with E-state index in [1.54, 1.807) is 6.92 Å². The molecule has 1 aliphatic rings. The van der Waals surface area contributed by atoms with Crippen molar-refractivity contribution in [2.75, 3.05) is 12.4 Å². The molecule has 6 unspecified atom stereocenters. The van der Waals surface area contributed by atoms with E-state index in [0.29, 0.717) is 38.1 Å². The van der Waals surface area contributed by atoms with Crippen LogP contribution in [-0.4, -0.2) is 48.2 Å². The summed E-state index contributed by atoms with van der Waals surface area (Å²) < 4.78 is 32.8. The molecule has 6 nitrogen and oxygen atoms in total. The largest absolute Gasteiger partial charge is 0.368 e. The van der Waals surface area contributed by atoms with E-state index in [1.807, 2.05) is 91.0 Å². The third-order valence-corrected chi connectivity index (χ3v) is 8.04. The van der Waals surface area contributed by atoms with Crippen molar-refractivity contribution in [1.29, 1.82) is 0 Å². The summed E-state index contributed by atoms with van der Waals surface area (Å²) in [5.41, 5.74) is 3.14. The van der Waals surface area contributed by atoms with Crippen LogP contribution in [0.25, 0.3) is 0 Å². The summed E-state index contributed by atoms with van der Waals surface area (Å²) >= 11 is 1.23. The SMILES string of the molecule is CCC(C)COC1OC(CSC(C)=O)C(OCc2ccccc2)C(OCc2ccccc2)C1OCc1ccccc1.